The zero-order valence-electron chi connectivity index (χ0n) is 10.8. The monoisotopic (exact) mass is 352 g/mol. The molecule has 0 amide bonds. The molecule has 5 heteroatoms. The van der Waals surface area contributed by atoms with E-state index in [-0.39, 0.29) is 5.56 Å². The lowest BCUT2D eigenvalue weighted by molar-refractivity contribution is 0.0693. The summed E-state index contributed by atoms with van der Waals surface area (Å²) in [6.07, 6.45) is 0. The van der Waals surface area contributed by atoms with Crippen molar-refractivity contribution in [2.45, 2.75) is 10.6 Å². The topological polar surface area (TPSA) is 46.5 Å². The summed E-state index contributed by atoms with van der Waals surface area (Å²) < 4.78 is 6.08. The number of carbonyl (C=O) groups is 1. The van der Waals surface area contributed by atoms with Crippen molar-refractivity contribution in [2.75, 3.05) is 7.11 Å². The van der Waals surface area contributed by atoms with E-state index in [1.165, 1.54) is 7.11 Å². The van der Waals surface area contributed by atoms with Gasteiger partial charge in [0.1, 0.15) is 11.3 Å². The molecule has 0 unspecified atom stereocenters. The average molecular weight is 353 g/mol. The number of carboxylic acids is 1. The first-order valence-corrected chi connectivity index (χ1v) is 7.66. The van der Waals surface area contributed by atoms with Gasteiger partial charge in [0, 0.05) is 15.1 Å². The molecule has 0 fully saturated rings. The van der Waals surface area contributed by atoms with Crippen molar-refractivity contribution < 1.29 is 14.6 Å². The minimum absolute atomic E-state index is 0.194. The molecule has 0 atom stereocenters. The minimum atomic E-state index is -0.976. The third kappa shape index (κ3) is 3.77. The van der Waals surface area contributed by atoms with E-state index in [1.54, 1.807) is 23.9 Å². The van der Waals surface area contributed by atoms with E-state index < -0.39 is 5.97 Å². The van der Waals surface area contributed by atoms with E-state index in [1.807, 2.05) is 30.3 Å². The fourth-order valence-electron chi connectivity index (χ4n) is 1.74. The molecule has 2 aromatic carbocycles. The maximum absolute atomic E-state index is 11.2. The summed E-state index contributed by atoms with van der Waals surface area (Å²) in [6.45, 7) is 0. The number of ether oxygens (including phenoxy) is 1. The van der Waals surface area contributed by atoms with E-state index in [0.29, 0.717) is 11.5 Å². The van der Waals surface area contributed by atoms with Crippen LogP contribution < -0.4 is 4.74 Å². The van der Waals surface area contributed by atoms with Gasteiger partial charge in [-0.1, -0.05) is 28.1 Å². The molecule has 0 aromatic heterocycles. The molecule has 3 nitrogen and oxygen atoms in total. The maximum Gasteiger partial charge on any atom is 0.339 e. The number of hydrogen-bond donors (Lipinski definition) is 1. The molecular weight excluding hydrogens is 340 g/mol. The van der Waals surface area contributed by atoms with Gasteiger partial charge < -0.3 is 9.84 Å². The Morgan fingerprint density at radius 3 is 2.75 bits per heavy atom. The molecule has 0 saturated carbocycles. The van der Waals surface area contributed by atoms with Crippen molar-refractivity contribution in [1.82, 2.24) is 0 Å². The highest BCUT2D eigenvalue weighted by molar-refractivity contribution is 9.10. The van der Waals surface area contributed by atoms with E-state index in [4.69, 9.17) is 9.84 Å². The summed E-state index contributed by atoms with van der Waals surface area (Å²) in [7, 11) is 1.47. The highest BCUT2D eigenvalue weighted by Crippen LogP contribution is 2.27. The van der Waals surface area contributed by atoms with Crippen LogP contribution >= 0.6 is 27.7 Å². The first-order chi connectivity index (χ1) is 9.60. The van der Waals surface area contributed by atoms with E-state index in [0.717, 1.165) is 14.9 Å². The van der Waals surface area contributed by atoms with Gasteiger partial charge in [-0.15, -0.1) is 11.8 Å². The summed E-state index contributed by atoms with van der Waals surface area (Å²) >= 11 is 5.09. The van der Waals surface area contributed by atoms with Crippen LogP contribution in [0.25, 0.3) is 0 Å². The Bertz CT molecular complexity index is 628. The second-order valence-corrected chi connectivity index (χ2v) is 6.05. The van der Waals surface area contributed by atoms with Gasteiger partial charge in [0.25, 0.3) is 0 Å². The molecule has 2 aromatic rings. The summed E-state index contributed by atoms with van der Waals surface area (Å²) in [6, 6.07) is 13.2. The van der Waals surface area contributed by atoms with Crippen molar-refractivity contribution in [3.8, 4) is 5.75 Å². The minimum Gasteiger partial charge on any atom is -0.496 e. The summed E-state index contributed by atoms with van der Waals surface area (Å²) in [5.41, 5.74) is 1.15. The lowest BCUT2D eigenvalue weighted by Gasteiger charge is -2.08. The first-order valence-electron chi connectivity index (χ1n) is 5.88. The standard InChI is InChI=1S/C15H13BrO3S/c1-19-14-6-5-10(7-13(14)15(17)18)9-20-12-4-2-3-11(16)8-12/h2-8H,9H2,1H3,(H,17,18). The Balaban J connectivity index is 2.14. The normalized spacial score (nSPS) is 10.3. The van der Waals surface area contributed by atoms with Crippen molar-refractivity contribution in [3.05, 3.63) is 58.1 Å². The van der Waals surface area contributed by atoms with Crippen LogP contribution in [0.2, 0.25) is 0 Å². The fraction of sp³-hybridized carbons (Fsp3) is 0.133. The number of methoxy groups -OCH3 is 1. The molecule has 1 N–H and O–H groups in total. The summed E-state index contributed by atoms with van der Waals surface area (Å²) in [5, 5.41) is 9.15. The van der Waals surface area contributed by atoms with Gasteiger partial charge in [-0.2, -0.15) is 0 Å². The van der Waals surface area contributed by atoms with Crippen LogP contribution in [0.1, 0.15) is 15.9 Å². The molecule has 2 rings (SSSR count). The number of hydrogen-bond acceptors (Lipinski definition) is 3. The molecule has 0 aliphatic carbocycles. The van der Waals surface area contributed by atoms with Crippen LogP contribution in [0.4, 0.5) is 0 Å². The van der Waals surface area contributed by atoms with Crippen LogP contribution in [0.5, 0.6) is 5.75 Å². The third-order valence-corrected chi connectivity index (χ3v) is 4.25. The van der Waals surface area contributed by atoms with Gasteiger partial charge >= 0.3 is 5.97 Å². The maximum atomic E-state index is 11.2. The van der Waals surface area contributed by atoms with E-state index in [2.05, 4.69) is 15.9 Å². The van der Waals surface area contributed by atoms with Gasteiger partial charge in [0.05, 0.1) is 7.11 Å². The molecule has 0 heterocycles. The Morgan fingerprint density at radius 1 is 1.30 bits per heavy atom. The predicted molar refractivity (Wildman–Crippen MR) is 83.7 cm³/mol. The van der Waals surface area contributed by atoms with Gasteiger partial charge in [0.2, 0.25) is 0 Å². The highest BCUT2D eigenvalue weighted by atomic mass is 79.9. The number of halogens is 1. The van der Waals surface area contributed by atoms with E-state index in [9.17, 15) is 4.79 Å². The number of thioether (sulfide) groups is 1. The van der Waals surface area contributed by atoms with Crippen LogP contribution in [0.3, 0.4) is 0 Å². The number of rotatable bonds is 5. The average Bonchev–Trinajstić information content (AvgIpc) is 2.45. The molecule has 0 saturated heterocycles. The summed E-state index contributed by atoms with van der Waals surface area (Å²) in [4.78, 5) is 12.3. The molecular formula is C15H13BrO3S. The molecule has 0 spiro atoms. The molecule has 20 heavy (non-hydrogen) atoms. The first kappa shape index (κ1) is 14.9. The number of benzene rings is 2. The Labute approximate surface area is 130 Å². The third-order valence-electron chi connectivity index (χ3n) is 2.70. The molecule has 0 radical (unpaired) electrons. The zero-order chi connectivity index (χ0) is 14.5. The van der Waals surface area contributed by atoms with Gasteiger partial charge in [-0.3, -0.25) is 0 Å². The van der Waals surface area contributed by atoms with Crippen LogP contribution in [-0.4, -0.2) is 18.2 Å². The smallest absolute Gasteiger partial charge is 0.339 e. The molecule has 0 aliphatic rings. The van der Waals surface area contributed by atoms with Crippen LogP contribution in [-0.2, 0) is 5.75 Å². The van der Waals surface area contributed by atoms with Gasteiger partial charge in [0.15, 0.2) is 0 Å². The molecule has 0 aliphatic heterocycles. The molecule has 104 valence electrons. The Kier molecular flexibility index (Phi) is 5.09. The predicted octanol–water partition coefficient (Wildman–Crippen LogP) is 4.45. The Hall–Kier alpha value is -1.46. The highest BCUT2D eigenvalue weighted by Gasteiger charge is 2.11. The SMILES string of the molecule is COc1ccc(CSc2cccc(Br)c2)cc1C(=O)O. The van der Waals surface area contributed by atoms with Gasteiger partial charge in [-0.05, 0) is 35.9 Å². The van der Waals surface area contributed by atoms with E-state index >= 15 is 0 Å². The van der Waals surface area contributed by atoms with Crippen molar-refractivity contribution in [3.63, 3.8) is 0 Å². The van der Waals surface area contributed by atoms with Crippen LogP contribution in [0, 0.1) is 0 Å². The van der Waals surface area contributed by atoms with Gasteiger partial charge in [-0.25, -0.2) is 4.79 Å². The second kappa shape index (κ2) is 6.81. The quantitative estimate of drug-likeness (QED) is 0.807. The second-order valence-electron chi connectivity index (χ2n) is 4.09. The number of carboxylic acid groups (broad SMARTS) is 1. The molecule has 0 bridgehead atoms. The Morgan fingerprint density at radius 2 is 2.10 bits per heavy atom. The van der Waals surface area contributed by atoms with Crippen molar-refractivity contribution in [2.24, 2.45) is 0 Å². The lowest BCUT2D eigenvalue weighted by atomic mass is 10.1. The largest absolute Gasteiger partial charge is 0.496 e. The zero-order valence-corrected chi connectivity index (χ0v) is 13.2. The summed E-state index contributed by atoms with van der Waals surface area (Å²) in [5.74, 6) is 0.116. The van der Waals surface area contributed by atoms with Crippen molar-refractivity contribution in [1.29, 1.82) is 0 Å². The van der Waals surface area contributed by atoms with Crippen molar-refractivity contribution >= 4 is 33.7 Å². The lowest BCUT2D eigenvalue weighted by Crippen LogP contribution is -2.01. The number of aromatic carboxylic acids is 1. The van der Waals surface area contributed by atoms with Crippen LogP contribution in [0.15, 0.2) is 51.8 Å². The fourth-order valence-corrected chi connectivity index (χ4v) is 3.18.